The zero-order valence-corrected chi connectivity index (χ0v) is 24.1. The van der Waals surface area contributed by atoms with Crippen LogP contribution in [-0.2, 0) is 10.2 Å². The highest BCUT2D eigenvalue weighted by Gasteiger charge is 2.60. The minimum atomic E-state index is -1.65. The number of hydrogen-bond donors (Lipinski definition) is 2. The van der Waals surface area contributed by atoms with Gasteiger partial charge < -0.3 is 15.2 Å². The first-order valence-electron chi connectivity index (χ1n) is 13.0. The van der Waals surface area contributed by atoms with Crippen LogP contribution in [0.4, 0.5) is 14.5 Å². The third kappa shape index (κ3) is 5.61. The number of nitriles is 1. The van der Waals surface area contributed by atoms with E-state index in [9.17, 15) is 20.0 Å². The number of hydrogen-bond acceptors (Lipinski definition) is 4. The third-order valence-corrected chi connectivity index (χ3v) is 8.28. The van der Waals surface area contributed by atoms with Crippen molar-refractivity contribution in [2.75, 3.05) is 12.4 Å². The van der Waals surface area contributed by atoms with Crippen molar-refractivity contribution in [3.63, 3.8) is 0 Å². The number of amides is 1. The second kappa shape index (κ2) is 12.1. The lowest BCUT2D eigenvalue weighted by atomic mass is 9.63. The fourth-order valence-electron chi connectivity index (χ4n) is 6.12. The van der Waals surface area contributed by atoms with Crippen LogP contribution >= 0.6 is 23.2 Å². The minimum Gasteiger partial charge on any atom is -0.495 e. The molecule has 0 aliphatic heterocycles. The van der Waals surface area contributed by atoms with Crippen molar-refractivity contribution in [2.24, 2.45) is 17.8 Å². The summed E-state index contributed by atoms with van der Waals surface area (Å²) in [5.74, 6) is -5.75. The van der Waals surface area contributed by atoms with E-state index in [-0.39, 0.29) is 50.5 Å². The summed E-state index contributed by atoms with van der Waals surface area (Å²) in [7, 11) is 1.33. The molecule has 1 saturated carbocycles. The van der Waals surface area contributed by atoms with Crippen LogP contribution in [0.3, 0.4) is 0 Å². The number of nitrogens with one attached hydrogen (secondary N) is 1. The number of carboxylic acids is 1. The summed E-state index contributed by atoms with van der Waals surface area (Å²) < 4.78 is 36.7. The zero-order chi connectivity index (χ0) is 30.1. The van der Waals surface area contributed by atoms with E-state index in [2.05, 4.69) is 11.4 Å². The Morgan fingerprint density at radius 2 is 1.90 bits per heavy atom. The maximum absolute atomic E-state index is 15.7. The fourth-order valence-corrected chi connectivity index (χ4v) is 6.46. The average Bonchev–Trinajstić information content (AvgIpc) is 3.24. The molecule has 41 heavy (non-hydrogen) atoms. The van der Waals surface area contributed by atoms with Gasteiger partial charge in [-0.25, -0.2) is 13.6 Å². The number of carboxylic acid groups (broad SMARTS) is 1. The van der Waals surface area contributed by atoms with Crippen LogP contribution in [0, 0.1) is 40.7 Å². The van der Waals surface area contributed by atoms with Gasteiger partial charge in [-0.1, -0.05) is 55.2 Å². The molecular formula is C31H28Cl2F2N2O4. The van der Waals surface area contributed by atoms with E-state index in [0.29, 0.717) is 6.42 Å². The molecule has 0 bridgehead atoms. The molecule has 4 rings (SSSR count). The van der Waals surface area contributed by atoms with Gasteiger partial charge in [-0.15, -0.1) is 0 Å². The van der Waals surface area contributed by atoms with Crippen molar-refractivity contribution >= 4 is 40.8 Å². The summed E-state index contributed by atoms with van der Waals surface area (Å²) in [4.78, 5) is 25.4. The van der Waals surface area contributed by atoms with Crippen molar-refractivity contribution in [2.45, 2.75) is 38.0 Å². The molecule has 0 radical (unpaired) electrons. The van der Waals surface area contributed by atoms with Crippen LogP contribution < -0.4 is 10.1 Å². The quantitative estimate of drug-likeness (QED) is 0.274. The zero-order valence-electron chi connectivity index (χ0n) is 22.6. The predicted molar refractivity (Wildman–Crippen MR) is 152 cm³/mol. The van der Waals surface area contributed by atoms with Gasteiger partial charge in [0.25, 0.3) is 0 Å². The van der Waals surface area contributed by atoms with Crippen molar-refractivity contribution in [1.29, 1.82) is 5.26 Å². The van der Waals surface area contributed by atoms with E-state index in [4.69, 9.17) is 27.9 Å². The lowest BCUT2D eigenvalue weighted by Crippen LogP contribution is -2.39. The molecule has 1 aliphatic carbocycles. The smallest absolute Gasteiger partial charge is 0.335 e. The molecular weight excluding hydrogens is 573 g/mol. The van der Waals surface area contributed by atoms with Gasteiger partial charge in [0.15, 0.2) is 0 Å². The maximum atomic E-state index is 15.7. The Balaban J connectivity index is 1.93. The van der Waals surface area contributed by atoms with Crippen LogP contribution in [0.5, 0.6) is 5.75 Å². The monoisotopic (exact) mass is 600 g/mol. The summed E-state index contributed by atoms with van der Waals surface area (Å²) >= 11 is 12.2. The maximum Gasteiger partial charge on any atom is 0.335 e. The first kappa shape index (κ1) is 30.3. The van der Waals surface area contributed by atoms with Gasteiger partial charge in [0.1, 0.15) is 17.4 Å². The molecule has 1 amide bonds. The molecule has 3 aromatic rings. The average molecular weight is 601 g/mol. The van der Waals surface area contributed by atoms with Crippen molar-refractivity contribution < 1.29 is 28.2 Å². The Labute approximate surface area is 246 Å². The van der Waals surface area contributed by atoms with E-state index < -0.39 is 46.7 Å². The van der Waals surface area contributed by atoms with Crippen molar-refractivity contribution in [3.8, 4) is 11.8 Å². The number of rotatable bonds is 8. The molecule has 214 valence electrons. The number of benzene rings is 3. The van der Waals surface area contributed by atoms with Crippen LogP contribution in [0.15, 0.2) is 54.6 Å². The largest absolute Gasteiger partial charge is 0.495 e. The molecule has 2 N–H and O–H groups in total. The van der Waals surface area contributed by atoms with Gasteiger partial charge in [-0.3, -0.25) is 4.79 Å². The topological polar surface area (TPSA) is 99.4 Å². The molecule has 3 aromatic carbocycles. The minimum absolute atomic E-state index is 0.0213. The Morgan fingerprint density at radius 1 is 1.17 bits per heavy atom. The van der Waals surface area contributed by atoms with E-state index in [1.54, 1.807) is 0 Å². The van der Waals surface area contributed by atoms with Crippen LogP contribution in [0.2, 0.25) is 10.0 Å². The molecule has 0 heterocycles. The highest BCUT2D eigenvalue weighted by molar-refractivity contribution is 6.31. The van der Waals surface area contributed by atoms with E-state index >= 15 is 8.78 Å². The molecule has 10 heteroatoms. The second-order valence-corrected chi connectivity index (χ2v) is 11.4. The highest BCUT2D eigenvalue weighted by atomic mass is 35.5. The number of ether oxygens (including phenoxy) is 1. The van der Waals surface area contributed by atoms with Crippen molar-refractivity contribution in [3.05, 3.63) is 93.0 Å². The molecule has 0 spiro atoms. The highest BCUT2D eigenvalue weighted by Crippen LogP contribution is 2.60. The number of carbonyl (C=O) groups is 2. The first-order valence-corrected chi connectivity index (χ1v) is 13.7. The van der Waals surface area contributed by atoms with E-state index in [1.807, 2.05) is 13.8 Å². The lowest BCUT2D eigenvalue weighted by molar-refractivity contribution is -0.120. The Bertz CT molecular complexity index is 1540. The molecule has 0 unspecified atom stereocenters. The summed E-state index contributed by atoms with van der Waals surface area (Å²) in [6.07, 6.45) is 0.598. The SMILES string of the molecule is COc1cc(C(=O)O)ccc1NC(=O)[C@@H]1C[C@@H](CC(C)C)[C@](C#N)(c2ccc(Cl)cc2F)[C@H]1c1cccc(Cl)c1F. The van der Waals surface area contributed by atoms with Crippen LogP contribution in [0.25, 0.3) is 0 Å². The van der Waals surface area contributed by atoms with E-state index in [0.717, 1.165) is 6.07 Å². The van der Waals surface area contributed by atoms with Gasteiger partial charge in [0.05, 0.1) is 34.9 Å². The normalized spacial score (nSPS) is 21.9. The third-order valence-electron chi connectivity index (χ3n) is 7.75. The van der Waals surface area contributed by atoms with Gasteiger partial charge in [-0.05, 0) is 66.6 Å². The summed E-state index contributed by atoms with van der Waals surface area (Å²) in [5, 5.41) is 22.9. The molecule has 0 saturated heterocycles. The summed E-state index contributed by atoms with van der Waals surface area (Å²) in [6.45, 7) is 3.91. The number of aromatic carboxylic acids is 1. The number of nitrogens with zero attached hydrogens (tertiary/aromatic N) is 1. The van der Waals surface area contributed by atoms with Crippen LogP contribution in [0.1, 0.15) is 54.1 Å². The van der Waals surface area contributed by atoms with E-state index in [1.165, 1.54) is 55.6 Å². The summed E-state index contributed by atoms with van der Waals surface area (Å²) in [5.41, 5.74) is -1.45. The van der Waals surface area contributed by atoms with Gasteiger partial charge in [-0.2, -0.15) is 5.26 Å². The standard InChI is InChI=1S/C31H28Cl2F2N2O4/c1-16(2)11-18-13-21(29(38)37-25-10-7-17(30(39)40)12-26(25)41-3)27(20-5-4-6-23(33)28(20)35)31(18,15-36)22-9-8-19(32)14-24(22)34/h4-10,12,14,16,18,21,27H,11,13H2,1-3H3,(H,37,38)(H,39,40)/t18-,21-,27+,31-/m1/s1. The first-order chi connectivity index (χ1) is 19.4. The van der Waals surface area contributed by atoms with Gasteiger partial charge in [0, 0.05) is 22.4 Å². The molecule has 1 fully saturated rings. The molecule has 0 aromatic heterocycles. The second-order valence-electron chi connectivity index (χ2n) is 10.6. The number of halogens is 4. The Morgan fingerprint density at radius 3 is 2.51 bits per heavy atom. The Kier molecular flexibility index (Phi) is 8.91. The predicted octanol–water partition coefficient (Wildman–Crippen LogP) is 7.84. The lowest BCUT2D eigenvalue weighted by Gasteiger charge is -2.37. The van der Waals surface area contributed by atoms with Crippen LogP contribution in [-0.4, -0.2) is 24.1 Å². The molecule has 1 aliphatic rings. The number of carbonyl (C=O) groups excluding carboxylic acids is 1. The van der Waals surface area contributed by atoms with Crippen molar-refractivity contribution in [1.82, 2.24) is 0 Å². The fraction of sp³-hybridized carbons (Fsp3) is 0.323. The molecule has 4 atom stereocenters. The molecule has 6 nitrogen and oxygen atoms in total. The number of anilines is 1. The van der Waals surface area contributed by atoms with Gasteiger partial charge >= 0.3 is 5.97 Å². The van der Waals surface area contributed by atoms with Gasteiger partial charge in [0.2, 0.25) is 5.91 Å². The Hall–Kier alpha value is -3.67. The summed E-state index contributed by atoms with van der Waals surface area (Å²) in [6, 6.07) is 14.7. The number of methoxy groups -OCH3 is 1.